The Morgan fingerprint density at radius 3 is 1.20 bits per heavy atom. The zero-order chi connectivity index (χ0) is 79.0. The van der Waals surface area contributed by atoms with Gasteiger partial charge in [0.05, 0.1) is 86.7 Å². The Balaban J connectivity index is 0.000000145. The molecule has 15 rings (SSSR count). The average Bonchev–Trinajstić information content (AvgIpc) is 0.753. The second kappa shape index (κ2) is 29.4. The number of halogens is 6. The molecule has 3 aliphatic rings. The fourth-order valence-corrected chi connectivity index (χ4v) is 18.1. The summed E-state index contributed by atoms with van der Waals surface area (Å²) in [5, 5.41) is 41.0. The number of aryl methyl sites for hydroxylation is 1. The molecule has 27 nitrogen and oxygen atoms in total. The van der Waals surface area contributed by atoms with Gasteiger partial charge in [0.2, 0.25) is 20.0 Å². The van der Waals surface area contributed by atoms with Crippen molar-refractivity contribution in [3.8, 4) is 17.2 Å². The Morgan fingerprint density at radius 1 is 0.455 bits per heavy atom. The molecule has 0 saturated heterocycles. The van der Waals surface area contributed by atoms with Crippen LogP contribution in [0.2, 0.25) is 5.02 Å². The van der Waals surface area contributed by atoms with Gasteiger partial charge >= 0.3 is 22.6 Å². The predicted octanol–water partition coefficient (Wildman–Crippen LogP) is 11.3. The number of amidine groups is 3. The van der Waals surface area contributed by atoms with E-state index in [-0.39, 0.29) is 108 Å². The molecule has 0 saturated carbocycles. The van der Waals surface area contributed by atoms with Gasteiger partial charge in [0.15, 0.2) is 17.5 Å². The molecular formula is C72H56BrClF4N11O16P3S2. The van der Waals surface area contributed by atoms with Crippen LogP contribution in [0.3, 0.4) is 0 Å². The second-order valence-corrected chi connectivity index (χ2v) is 35.4. The van der Waals surface area contributed by atoms with E-state index in [2.05, 4.69) is 55.6 Å². The number of hydrogen-bond donors (Lipinski definition) is 11. The van der Waals surface area contributed by atoms with Gasteiger partial charge in [-0.05, 0) is 151 Å². The number of aromatic hydroxyl groups is 3. The maximum Gasteiger partial charge on any atom is 0.346 e. The van der Waals surface area contributed by atoms with Crippen molar-refractivity contribution in [2.24, 2.45) is 14.3 Å². The molecule has 0 fully saturated rings. The summed E-state index contributed by atoms with van der Waals surface area (Å²) in [4.78, 5) is 73.1. The number of rotatable bonds is 13. The van der Waals surface area contributed by atoms with Gasteiger partial charge < -0.3 is 59.7 Å². The van der Waals surface area contributed by atoms with Gasteiger partial charge in [-0.25, -0.2) is 34.4 Å². The number of pyridine rings is 3. The molecule has 110 heavy (non-hydrogen) atoms. The molecule has 12 aromatic rings. The van der Waals surface area contributed by atoms with Crippen molar-refractivity contribution in [3.05, 3.63) is 285 Å². The number of anilines is 5. The zero-order valence-electron chi connectivity index (χ0n) is 56.8. The third-order valence-electron chi connectivity index (χ3n) is 17.2. The third kappa shape index (κ3) is 15.9. The van der Waals surface area contributed by atoms with Crippen molar-refractivity contribution in [1.29, 1.82) is 0 Å². The van der Waals surface area contributed by atoms with Crippen LogP contribution in [0.25, 0.3) is 32.7 Å². The first-order chi connectivity index (χ1) is 51.8. The molecule has 38 heteroatoms. The Morgan fingerprint density at radius 2 is 0.818 bits per heavy atom. The lowest BCUT2D eigenvalue weighted by Crippen LogP contribution is -2.33. The van der Waals surface area contributed by atoms with Crippen LogP contribution in [0.15, 0.2) is 215 Å². The van der Waals surface area contributed by atoms with Crippen LogP contribution in [0, 0.1) is 30.2 Å². The van der Waals surface area contributed by atoms with Crippen molar-refractivity contribution >= 4 is 165 Å². The van der Waals surface area contributed by atoms with Crippen molar-refractivity contribution < 1.29 is 78.1 Å². The number of nitrogens with one attached hydrogen (secondary N) is 5. The van der Waals surface area contributed by atoms with E-state index in [1.807, 2.05) is 30.3 Å². The number of fused-ring (bicyclic) bond motifs is 6. The monoisotopic (exact) mass is 1680 g/mol. The van der Waals surface area contributed by atoms with E-state index in [1.54, 1.807) is 49.4 Å². The fraction of sp³-hybridized carbons (Fsp3) is 0.0833. The number of sulfonamides is 2. The molecule has 3 unspecified atom stereocenters. The minimum atomic E-state index is -4.60. The summed E-state index contributed by atoms with van der Waals surface area (Å²) in [5.74, 6) is -5.54. The standard InChI is InChI=1S/C24H18BrFN3O4P.C24H18ClF2N4O6PS.C24H20FN4O6PS/c1-13-5-7-18-20(9-13)34(32,33)28-23(27-18)21-22(30)17-11-16(26)6-8-19(17)29(24(21)31)12-14-3-2-4-15(25)10-14;1-39(36,37)30-14-4-6-18-20(10-14)38(34,35)29-23(28-18)21-22(32)15-9-13(26)3-7-19(15)31(24(21)33)11-12-2-5-17(27)16(25)8-12;1-37(34,35)28-16-8-9-18-20(12-16)36(32,33)27-23(26-18)21-22(30)17-11-15(25)7-10-19(17)29(24(21)31)13-14-5-3-2-4-6-14/h2-11,30H,12H2,1H3,(H2,27,28,32,33);2-10,30,32H,11H2,1H3,(H2,28,29,34,35);2-12,28,30H,13H2,1H3,(H2,26,27,32,33). The van der Waals surface area contributed by atoms with E-state index in [0.717, 1.165) is 80.7 Å². The summed E-state index contributed by atoms with van der Waals surface area (Å²) in [6, 6.07) is 43.4. The summed E-state index contributed by atoms with van der Waals surface area (Å²) in [6.45, 7) is 1.81. The maximum atomic E-state index is 14.2. The molecule has 11 N–H and O–H groups in total. The minimum absolute atomic E-state index is 0.00955. The highest BCUT2D eigenvalue weighted by atomic mass is 79.9. The van der Waals surface area contributed by atoms with Crippen LogP contribution in [-0.4, -0.2) is 90.6 Å². The van der Waals surface area contributed by atoms with Gasteiger partial charge in [0, 0.05) is 32.0 Å². The van der Waals surface area contributed by atoms with E-state index < -0.39 is 117 Å². The normalized spacial score (nSPS) is 17.1. The molecular weight excluding hydrogens is 1620 g/mol. The predicted molar refractivity (Wildman–Crippen MR) is 419 cm³/mol. The highest BCUT2D eigenvalue weighted by Crippen LogP contribution is 2.51. The molecule has 0 spiro atoms. The van der Waals surface area contributed by atoms with Crippen molar-refractivity contribution in [1.82, 2.24) is 13.7 Å². The molecule has 9 aromatic carbocycles. The number of aromatic nitrogens is 3. The molecule has 564 valence electrons. The molecule has 0 radical (unpaired) electrons. The van der Waals surface area contributed by atoms with Gasteiger partial charge in [-0.15, -0.1) is 0 Å². The van der Waals surface area contributed by atoms with Crippen LogP contribution in [-0.2, 0) is 53.4 Å². The van der Waals surface area contributed by atoms with Gasteiger partial charge in [-0.1, -0.05) is 87.7 Å². The van der Waals surface area contributed by atoms with E-state index >= 15 is 0 Å². The molecule has 3 aromatic heterocycles. The van der Waals surface area contributed by atoms with Crippen molar-refractivity contribution in [2.75, 3.05) is 37.9 Å². The molecule has 0 bridgehead atoms. The van der Waals surface area contributed by atoms with Gasteiger partial charge in [0.25, 0.3) is 16.7 Å². The maximum absolute atomic E-state index is 14.2. The lowest BCUT2D eigenvalue weighted by atomic mass is 10.1. The summed E-state index contributed by atoms with van der Waals surface area (Å²) < 4.78 is 162. The minimum Gasteiger partial charge on any atom is -0.506 e. The average molecular weight is 1680 g/mol. The molecule has 0 amide bonds. The highest BCUT2D eigenvalue weighted by Gasteiger charge is 2.38. The number of hydrogen-bond acceptors (Lipinski definition) is 16. The zero-order valence-corrected chi connectivity index (χ0v) is 63.5. The fourth-order valence-electron chi connectivity index (χ4n) is 12.4. The van der Waals surface area contributed by atoms with E-state index in [1.165, 1.54) is 75.9 Å². The molecule has 6 heterocycles. The van der Waals surface area contributed by atoms with Gasteiger partial charge in [-0.2, -0.15) is 14.3 Å². The second-order valence-electron chi connectivity index (χ2n) is 25.3. The number of benzene rings is 9. The first-order valence-corrected chi connectivity index (χ1v) is 41.9. The summed E-state index contributed by atoms with van der Waals surface area (Å²) >= 11 is 9.30. The summed E-state index contributed by atoms with van der Waals surface area (Å²) in [7, 11) is -20.7. The third-order valence-corrected chi connectivity index (χ3v) is 23.6. The Labute approximate surface area is 633 Å². The quantitative estimate of drug-likeness (QED) is 0.0377. The topological polar surface area (TPSA) is 404 Å². The van der Waals surface area contributed by atoms with Crippen LogP contribution < -0.4 is 58.0 Å². The highest BCUT2D eigenvalue weighted by molar-refractivity contribution is 9.10. The van der Waals surface area contributed by atoms with Crippen LogP contribution in [0.1, 0.15) is 38.9 Å². The lowest BCUT2D eigenvalue weighted by molar-refractivity contribution is 0.476. The van der Waals surface area contributed by atoms with E-state index in [0.29, 0.717) is 16.8 Å². The Bertz CT molecular complexity index is 6660. The van der Waals surface area contributed by atoms with Crippen molar-refractivity contribution in [3.63, 3.8) is 0 Å². The van der Waals surface area contributed by atoms with E-state index in [9.17, 15) is 92.5 Å². The van der Waals surface area contributed by atoms with Crippen LogP contribution in [0.4, 0.5) is 46.0 Å². The van der Waals surface area contributed by atoms with Crippen LogP contribution >= 0.6 is 50.1 Å². The SMILES string of the molecule is CS(=O)(=O)Nc1ccc2c(c1)P(=O)(O)N=C(c1c(O)c3cc(F)ccc3n(Cc3ccc(F)c(Cl)c3)c1=O)N2.CS(=O)(=O)Nc1ccc2c(c1)P(=O)(O)N=C(c1c(O)c3cc(F)ccc3n(Cc3ccccc3)c1=O)N2.Cc1ccc2c(c1)P(=O)(O)N=C(c1c(O)c3cc(F)ccc3n(Cc3cccc(Br)c3)c1=O)N2. The smallest absolute Gasteiger partial charge is 0.346 e. The van der Waals surface area contributed by atoms with Crippen LogP contribution in [0.5, 0.6) is 17.2 Å². The first-order valence-electron chi connectivity index (χ1n) is 32.1. The lowest BCUT2D eigenvalue weighted by Gasteiger charge is -2.24. The van der Waals surface area contributed by atoms with E-state index in [4.69, 9.17) is 11.6 Å². The van der Waals surface area contributed by atoms with Crippen molar-refractivity contribution in [2.45, 2.75) is 26.6 Å². The Hall–Kier alpha value is -11.0. The Kier molecular flexibility index (Phi) is 20.6. The number of nitrogens with zero attached hydrogens (tertiary/aromatic N) is 6. The molecule has 3 aliphatic heterocycles. The van der Waals surface area contributed by atoms with Gasteiger partial charge in [0.1, 0.15) is 57.2 Å². The molecule has 0 aliphatic carbocycles. The largest absolute Gasteiger partial charge is 0.506 e. The van der Waals surface area contributed by atoms with Gasteiger partial charge in [-0.3, -0.25) is 37.5 Å². The first kappa shape index (κ1) is 77.1. The summed E-state index contributed by atoms with van der Waals surface area (Å²) in [5.41, 5.74) is 0.457. The summed E-state index contributed by atoms with van der Waals surface area (Å²) in [6.07, 6.45) is 1.85. The molecule has 3 atom stereocenters.